The fourth-order valence-electron chi connectivity index (χ4n) is 3.82. The molecule has 4 rings (SSSR count). The molecule has 1 saturated heterocycles. The van der Waals surface area contributed by atoms with Crippen LogP contribution in [0.5, 0.6) is 5.75 Å². The van der Waals surface area contributed by atoms with Crippen LogP contribution >= 0.6 is 0 Å². The summed E-state index contributed by atoms with van der Waals surface area (Å²) in [6.07, 6.45) is -0.162. The molecule has 0 N–H and O–H groups in total. The van der Waals surface area contributed by atoms with Gasteiger partial charge >= 0.3 is 11.9 Å². The zero-order valence-corrected chi connectivity index (χ0v) is 20.1. The summed E-state index contributed by atoms with van der Waals surface area (Å²) in [4.78, 5) is 71.4. The monoisotopic (exact) mass is 533 g/mol. The molecule has 1 aliphatic rings. The first-order chi connectivity index (χ1) is 18.6. The molecule has 198 valence electrons. The fourth-order valence-corrected chi connectivity index (χ4v) is 3.82. The molecule has 13 nitrogen and oxygen atoms in total. The van der Waals surface area contributed by atoms with Crippen LogP contribution in [0.25, 0.3) is 0 Å². The number of non-ortho nitro benzene ring substituents is 2. The maximum Gasteiger partial charge on any atom is 0.343 e. The van der Waals surface area contributed by atoms with E-state index in [1.807, 2.05) is 0 Å². The first-order valence-electron chi connectivity index (χ1n) is 11.4. The lowest BCUT2D eigenvalue weighted by Crippen LogP contribution is -2.27. The summed E-state index contributed by atoms with van der Waals surface area (Å²) in [5, 5.41) is 21.7. The van der Waals surface area contributed by atoms with Gasteiger partial charge in [0.25, 0.3) is 11.4 Å². The van der Waals surface area contributed by atoms with E-state index in [-0.39, 0.29) is 46.9 Å². The smallest absolute Gasteiger partial charge is 0.343 e. The summed E-state index contributed by atoms with van der Waals surface area (Å²) in [5.41, 5.74) is 0.203. The van der Waals surface area contributed by atoms with Gasteiger partial charge in [-0.15, -0.1) is 0 Å². The second-order valence-electron chi connectivity index (χ2n) is 8.43. The van der Waals surface area contributed by atoms with Crippen molar-refractivity contribution >= 4 is 40.7 Å². The van der Waals surface area contributed by atoms with E-state index in [1.165, 1.54) is 77.7 Å². The molecule has 39 heavy (non-hydrogen) atoms. The summed E-state index contributed by atoms with van der Waals surface area (Å²) in [7, 11) is 0. The van der Waals surface area contributed by atoms with Gasteiger partial charge in [-0.25, -0.2) is 4.79 Å². The molecule has 0 spiro atoms. The summed E-state index contributed by atoms with van der Waals surface area (Å²) in [6, 6.07) is 15.8. The van der Waals surface area contributed by atoms with Crippen molar-refractivity contribution in [3.05, 3.63) is 104 Å². The summed E-state index contributed by atoms with van der Waals surface area (Å²) < 4.78 is 10.3. The van der Waals surface area contributed by atoms with Crippen molar-refractivity contribution in [1.82, 2.24) is 0 Å². The minimum absolute atomic E-state index is 0.0398. The molecular weight excluding hydrogens is 514 g/mol. The molecule has 1 amide bonds. The molecule has 3 aromatic carbocycles. The van der Waals surface area contributed by atoms with E-state index in [4.69, 9.17) is 9.47 Å². The van der Waals surface area contributed by atoms with Crippen molar-refractivity contribution in [3.8, 4) is 5.75 Å². The number of esters is 2. The minimum Gasteiger partial charge on any atom is -0.457 e. The Morgan fingerprint density at radius 3 is 2.15 bits per heavy atom. The number of carbonyl (C=O) groups is 4. The number of anilines is 1. The Hall–Kier alpha value is -5.46. The van der Waals surface area contributed by atoms with E-state index in [2.05, 4.69) is 0 Å². The maximum absolute atomic E-state index is 12.5. The van der Waals surface area contributed by atoms with Gasteiger partial charge in [0.15, 0.2) is 12.4 Å². The molecular formula is C26H19N3O10. The number of carbonyl (C=O) groups excluding carboxylic acids is 4. The van der Waals surface area contributed by atoms with E-state index in [0.29, 0.717) is 0 Å². The Labute approximate surface area is 219 Å². The Kier molecular flexibility index (Phi) is 7.70. The molecule has 3 aromatic rings. The van der Waals surface area contributed by atoms with Crippen LogP contribution in [0.15, 0.2) is 72.8 Å². The Morgan fingerprint density at radius 2 is 1.51 bits per heavy atom. The molecule has 0 aliphatic carbocycles. The van der Waals surface area contributed by atoms with Crippen molar-refractivity contribution in [2.45, 2.75) is 6.42 Å². The number of nitro benzene ring substituents is 2. The number of benzene rings is 3. The third-order valence-corrected chi connectivity index (χ3v) is 5.86. The highest BCUT2D eigenvalue weighted by Crippen LogP contribution is 2.28. The first-order valence-corrected chi connectivity index (χ1v) is 11.4. The number of ether oxygens (including phenoxy) is 2. The predicted octanol–water partition coefficient (Wildman–Crippen LogP) is 3.50. The van der Waals surface area contributed by atoms with Gasteiger partial charge in [0.2, 0.25) is 5.91 Å². The lowest BCUT2D eigenvalue weighted by molar-refractivity contribution is -0.385. The third-order valence-electron chi connectivity index (χ3n) is 5.86. The van der Waals surface area contributed by atoms with Crippen LogP contribution in [0.1, 0.15) is 27.1 Å². The Balaban J connectivity index is 1.29. The number of hydrogen-bond donors (Lipinski definition) is 0. The van der Waals surface area contributed by atoms with Crippen LogP contribution in [0.3, 0.4) is 0 Å². The zero-order chi connectivity index (χ0) is 28.1. The van der Waals surface area contributed by atoms with Crippen molar-refractivity contribution < 1.29 is 38.5 Å². The Morgan fingerprint density at radius 1 is 0.872 bits per heavy atom. The normalized spacial score (nSPS) is 14.5. The first kappa shape index (κ1) is 26.6. The van der Waals surface area contributed by atoms with Gasteiger partial charge in [-0.05, 0) is 42.5 Å². The third kappa shape index (κ3) is 6.28. The zero-order valence-electron chi connectivity index (χ0n) is 20.1. The number of hydrogen-bond acceptors (Lipinski definition) is 10. The van der Waals surface area contributed by atoms with E-state index in [9.17, 15) is 39.4 Å². The highest BCUT2D eigenvalue weighted by atomic mass is 16.6. The molecule has 0 bridgehead atoms. The van der Waals surface area contributed by atoms with Crippen molar-refractivity contribution in [2.24, 2.45) is 5.92 Å². The van der Waals surface area contributed by atoms with Crippen LogP contribution in [-0.2, 0) is 14.3 Å². The average molecular weight is 533 g/mol. The molecule has 0 saturated carbocycles. The van der Waals surface area contributed by atoms with Crippen LogP contribution in [0.2, 0.25) is 0 Å². The molecule has 0 radical (unpaired) electrons. The molecule has 1 atom stereocenters. The number of nitro groups is 2. The van der Waals surface area contributed by atoms with Crippen LogP contribution in [0, 0.1) is 26.1 Å². The summed E-state index contributed by atoms with van der Waals surface area (Å²) in [5.74, 6) is -3.15. The van der Waals surface area contributed by atoms with E-state index >= 15 is 0 Å². The highest BCUT2D eigenvalue weighted by Gasteiger charge is 2.36. The fraction of sp³-hybridized carbons (Fsp3) is 0.154. The topological polar surface area (TPSA) is 176 Å². The molecule has 0 aromatic heterocycles. The lowest BCUT2D eigenvalue weighted by Gasteiger charge is -2.16. The van der Waals surface area contributed by atoms with Crippen molar-refractivity contribution in [2.75, 3.05) is 18.1 Å². The number of nitrogens with zero attached hydrogens (tertiary/aromatic N) is 3. The molecule has 0 unspecified atom stereocenters. The van der Waals surface area contributed by atoms with Gasteiger partial charge in [-0.3, -0.25) is 34.6 Å². The van der Waals surface area contributed by atoms with Gasteiger partial charge in [0.05, 0.1) is 27.0 Å². The predicted molar refractivity (Wildman–Crippen MR) is 133 cm³/mol. The van der Waals surface area contributed by atoms with Gasteiger partial charge in [-0.1, -0.05) is 6.07 Å². The molecule has 13 heteroatoms. The van der Waals surface area contributed by atoms with Crippen LogP contribution in [-0.4, -0.2) is 46.6 Å². The summed E-state index contributed by atoms with van der Waals surface area (Å²) in [6.45, 7) is -0.621. The van der Waals surface area contributed by atoms with Gasteiger partial charge in [0, 0.05) is 42.8 Å². The number of ketones is 1. The second-order valence-corrected chi connectivity index (χ2v) is 8.43. The minimum atomic E-state index is -0.842. The molecule has 1 heterocycles. The second kappa shape index (κ2) is 11.3. The summed E-state index contributed by atoms with van der Waals surface area (Å²) >= 11 is 0. The largest absolute Gasteiger partial charge is 0.457 e. The highest BCUT2D eigenvalue weighted by molar-refractivity contribution is 6.01. The molecule has 1 fully saturated rings. The quantitative estimate of drug-likeness (QED) is 0.130. The van der Waals surface area contributed by atoms with E-state index in [1.54, 1.807) is 0 Å². The standard InChI is InChI=1S/C26H19N3O10/c30-23(16-6-10-22(11-7-16)39-26(33)17-4-8-19(9-5-17)28(34)35)15-38-25(32)18-12-24(31)27(14-18)20-2-1-3-21(13-20)29(36)37/h1-11,13,18H,12,14-15H2/t18-/m1/s1. The number of rotatable bonds is 9. The van der Waals surface area contributed by atoms with Crippen molar-refractivity contribution in [3.63, 3.8) is 0 Å². The molecule has 1 aliphatic heterocycles. The van der Waals surface area contributed by atoms with E-state index < -0.39 is 46.0 Å². The van der Waals surface area contributed by atoms with Gasteiger partial charge in [0.1, 0.15) is 5.75 Å². The maximum atomic E-state index is 12.5. The van der Waals surface area contributed by atoms with E-state index in [0.717, 1.165) is 0 Å². The average Bonchev–Trinajstić information content (AvgIpc) is 3.33. The Bertz CT molecular complexity index is 1470. The lowest BCUT2D eigenvalue weighted by atomic mass is 10.1. The number of amides is 1. The van der Waals surface area contributed by atoms with Crippen LogP contribution in [0.4, 0.5) is 17.1 Å². The van der Waals surface area contributed by atoms with Gasteiger partial charge in [-0.2, -0.15) is 0 Å². The number of Topliss-reactive ketones (excluding diaryl/α,β-unsaturated/α-hetero) is 1. The van der Waals surface area contributed by atoms with Gasteiger partial charge < -0.3 is 14.4 Å². The van der Waals surface area contributed by atoms with Crippen LogP contribution < -0.4 is 9.64 Å². The van der Waals surface area contributed by atoms with Crippen molar-refractivity contribution in [1.29, 1.82) is 0 Å². The SMILES string of the molecule is O=C(COC(=O)[C@@H]1CC(=O)N(c2cccc([N+](=O)[O-])c2)C1)c1ccc(OC(=O)c2ccc([N+](=O)[O-])cc2)cc1.